The van der Waals surface area contributed by atoms with Crippen LogP contribution in [0.1, 0.15) is 52.3 Å². The van der Waals surface area contributed by atoms with Crippen LogP contribution in [0, 0.1) is 30.1 Å². The van der Waals surface area contributed by atoms with Gasteiger partial charge < -0.3 is 24.1 Å². The van der Waals surface area contributed by atoms with Gasteiger partial charge in [-0.2, -0.15) is 10.2 Å². The molecule has 13 heteroatoms. The minimum absolute atomic E-state index is 0.276. The quantitative estimate of drug-likeness (QED) is 0.144. The topological polar surface area (TPSA) is 162 Å². The van der Waals surface area contributed by atoms with Crippen LogP contribution >= 0.6 is 11.6 Å². The molecule has 0 amide bonds. The molecule has 276 valence electrons. The lowest BCUT2D eigenvalue weighted by Gasteiger charge is -2.36. The first-order valence-electron chi connectivity index (χ1n) is 18.0. The normalized spacial score (nSPS) is 18.7. The highest BCUT2D eigenvalue weighted by Crippen LogP contribution is 2.44. The third-order valence-corrected chi connectivity index (χ3v) is 11.2. The molecule has 4 heterocycles. The molecule has 5 aromatic rings. The number of methoxy groups -OCH3 is 1. The molecule has 0 saturated carbocycles. The van der Waals surface area contributed by atoms with Crippen molar-refractivity contribution in [2.75, 3.05) is 33.3 Å². The molecule has 2 saturated heterocycles. The van der Waals surface area contributed by atoms with Crippen molar-refractivity contribution < 1.29 is 33.7 Å². The molecule has 3 aliphatic rings. The minimum Gasteiger partial charge on any atom is -0.481 e. The minimum atomic E-state index is -0.789. The van der Waals surface area contributed by atoms with Gasteiger partial charge in [0.25, 0.3) is 0 Å². The monoisotopic (exact) mass is 747 g/mol. The number of pyridine rings is 1. The van der Waals surface area contributed by atoms with Gasteiger partial charge in [0.1, 0.15) is 22.7 Å². The maximum atomic E-state index is 11.5. The zero-order valence-electron chi connectivity index (χ0n) is 29.8. The van der Waals surface area contributed by atoms with Crippen molar-refractivity contribution in [1.29, 1.82) is 5.26 Å². The molecule has 2 aromatic heterocycles. The number of aromatic nitrogens is 2. The largest absolute Gasteiger partial charge is 0.481 e. The summed E-state index contributed by atoms with van der Waals surface area (Å²) >= 11 is 6.71. The molecule has 3 aromatic carbocycles. The van der Waals surface area contributed by atoms with E-state index in [0.29, 0.717) is 79.1 Å². The molecule has 0 unspecified atom stereocenters. The molecular formula is C41H38ClN5O7. The third kappa shape index (κ3) is 6.64. The van der Waals surface area contributed by atoms with Crippen LogP contribution in [0.5, 0.6) is 11.8 Å². The Morgan fingerprint density at radius 2 is 1.69 bits per heavy atom. The second-order valence-electron chi connectivity index (χ2n) is 14.4. The summed E-state index contributed by atoms with van der Waals surface area (Å²) in [7, 11) is 1.54. The molecule has 2 atom stereocenters. The Morgan fingerprint density at radius 1 is 0.944 bits per heavy atom. The molecule has 0 radical (unpaired) electrons. The maximum absolute atomic E-state index is 11.5. The highest BCUT2D eigenvalue weighted by molar-refractivity contribution is 6.31. The van der Waals surface area contributed by atoms with E-state index in [4.69, 9.17) is 30.5 Å². The highest BCUT2D eigenvalue weighted by Gasteiger charge is 2.34. The average Bonchev–Trinajstić information content (AvgIpc) is 3.89. The Labute approximate surface area is 316 Å². The van der Waals surface area contributed by atoms with E-state index in [2.05, 4.69) is 34.2 Å². The molecule has 2 fully saturated rings. The SMILES string of the molecule is COc1nc(O[C@H]2CCc3c(-c4cccc(-c5nc6cc(CN7CC[C@H](C(=O)O)C7)cc(C#N)c6o5)c4C)cccc32)c(Cl)cc1CN1CC(C(=O)O)C1. The second-order valence-corrected chi connectivity index (χ2v) is 14.8. The fourth-order valence-electron chi connectivity index (χ4n) is 8.06. The molecule has 2 N–H and O–H groups in total. The summed E-state index contributed by atoms with van der Waals surface area (Å²) in [5.41, 5.74) is 9.22. The summed E-state index contributed by atoms with van der Waals surface area (Å²) in [5, 5.41) is 29.0. The molecule has 2 aliphatic heterocycles. The number of halogens is 1. The Morgan fingerprint density at radius 3 is 2.43 bits per heavy atom. The number of nitriles is 1. The zero-order chi connectivity index (χ0) is 37.7. The summed E-state index contributed by atoms with van der Waals surface area (Å²) in [4.78, 5) is 36.3. The molecule has 12 nitrogen and oxygen atoms in total. The molecule has 0 spiro atoms. The van der Waals surface area contributed by atoms with Gasteiger partial charge in [-0.05, 0) is 90.4 Å². The number of oxazole rings is 1. The van der Waals surface area contributed by atoms with Crippen LogP contribution in [-0.2, 0) is 29.1 Å². The number of rotatable bonds is 11. The number of carbonyl (C=O) groups is 2. The van der Waals surface area contributed by atoms with Gasteiger partial charge in [-0.25, -0.2) is 4.98 Å². The van der Waals surface area contributed by atoms with E-state index in [0.717, 1.165) is 51.8 Å². The lowest BCUT2D eigenvalue weighted by atomic mass is 9.91. The number of hydrogen-bond acceptors (Lipinski definition) is 10. The van der Waals surface area contributed by atoms with Gasteiger partial charge in [-0.1, -0.05) is 41.9 Å². The molecular weight excluding hydrogens is 710 g/mol. The van der Waals surface area contributed by atoms with E-state index >= 15 is 0 Å². The predicted octanol–water partition coefficient (Wildman–Crippen LogP) is 6.89. The van der Waals surface area contributed by atoms with Gasteiger partial charge >= 0.3 is 11.9 Å². The van der Waals surface area contributed by atoms with Crippen LogP contribution < -0.4 is 9.47 Å². The number of likely N-dealkylation sites (tertiary alicyclic amines) is 2. The summed E-state index contributed by atoms with van der Waals surface area (Å²) in [6.07, 6.45) is 1.85. The Hall–Kier alpha value is -5.48. The molecule has 54 heavy (non-hydrogen) atoms. The van der Waals surface area contributed by atoms with Gasteiger partial charge in [-0.3, -0.25) is 19.4 Å². The van der Waals surface area contributed by atoms with Gasteiger partial charge in [0, 0.05) is 43.9 Å². The smallest absolute Gasteiger partial charge is 0.309 e. The summed E-state index contributed by atoms with van der Waals surface area (Å²) in [6, 6.07) is 20.0. The Bertz CT molecular complexity index is 2350. The van der Waals surface area contributed by atoms with Crippen molar-refractivity contribution in [2.45, 2.75) is 45.4 Å². The first-order valence-corrected chi connectivity index (χ1v) is 18.3. The van der Waals surface area contributed by atoms with Crippen molar-refractivity contribution in [3.63, 3.8) is 0 Å². The number of ether oxygens (including phenoxy) is 2. The van der Waals surface area contributed by atoms with Crippen LogP contribution in [0.2, 0.25) is 5.02 Å². The maximum Gasteiger partial charge on any atom is 0.309 e. The number of nitrogens with zero attached hydrogens (tertiary/aromatic N) is 5. The van der Waals surface area contributed by atoms with Crippen molar-refractivity contribution in [3.8, 4) is 40.4 Å². The number of carboxylic acid groups (broad SMARTS) is 2. The van der Waals surface area contributed by atoms with E-state index in [-0.39, 0.29) is 23.8 Å². The van der Waals surface area contributed by atoms with E-state index in [1.807, 2.05) is 36.1 Å². The van der Waals surface area contributed by atoms with E-state index < -0.39 is 11.9 Å². The van der Waals surface area contributed by atoms with E-state index in [1.165, 1.54) is 5.56 Å². The standard InChI is InChI=1S/C41H38ClN5O7/c1-22-28(5-3-6-29(22)38-44-34-14-23(13-25(16-43)36(34)54-38)17-46-12-11-24(18-46)40(48)49)30-7-4-8-32-31(30)9-10-35(32)53-39-33(42)15-26(37(45-39)52-2)19-47-20-27(21-47)41(50)51/h3-8,13-15,24,27,35H,9-12,17-21H2,1-2H3,(H,48,49)(H,50,51)/t24-,35-/m0/s1. The Balaban J connectivity index is 1.04. The number of hydrogen-bond donors (Lipinski definition) is 2. The van der Waals surface area contributed by atoms with E-state index in [9.17, 15) is 25.1 Å². The van der Waals surface area contributed by atoms with Gasteiger partial charge in [-0.15, -0.1) is 0 Å². The summed E-state index contributed by atoms with van der Waals surface area (Å²) in [5.74, 6) is -1.20. The molecule has 0 bridgehead atoms. The third-order valence-electron chi connectivity index (χ3n) is 10.9. The van der Waals surface area contributed by atoms with Gasteiger partial charge in [0.15, 0.2) is 5.58 Å². The van der Waals surface area contributed by atoms with Crippen LogP contribution in [0.25, 0.3) is 33.7 Å². The molecule has 1 aliphatic carbocycles. The van der Waals surface area contributed by atoms with Gasteiger partial charge in [0.2, 0.25) is 17.7 Å². The van der Waals surface area contributed by atoms with Crippen molar-refractivity contribution >= 4 is 34.6 Å². The van der Waals surface area contributed by atoms with Crippen molar-refractivity contribution in [2.24, 2.45) is 11.8 Å². The summed E-state index contributed by atoms with van der Waals surface area (Å²) < 4.78 is 18.3. The number of fused-ring (bicyclic) bond motifs is 2. The zero-order valence-corrected chi connectivity index (χ0v) is 30.6. The highest BCUT2D eigenvalue weighted by atomic mass is 35.5. The first-order chi connectivity index (χ1) is 26.1. The molecule has 8 rings (SSSR count). The van der Waals surface area contributed by atoms with E-state index in [1.54, 1.807) is 19.2 Å². The Kier molecular flexibility index (Phi) is 9.48. The second kappa shape index (κ2) is 14.4. The van der Waals surface area contributed by atoms with Crippen LogP contribution in [-0.4, -0.2) is 75.2 Å². The van der Waals surface area contributed by atoms with Crippen LogP contribution in [0.4, 0.5) is 0 Å². The lowest BCUT2D eigenvalue weighted by molar-refractivity contribution is -0.147. The van der Waals surface area contributed by atoms with Crippen molar-refractivity contribution in [3.05, 3.63) is 93.0 Å². The number of carboxylic acids is 2. The number of aliphatic carboxylic acids is 2. The average molecular weight is 748 g/mol. The van der Waals surface area contributed by atoms with Crippen molar-refractivity contribution in [1.82, 2.24) is 19.8 Å². The van der Waals surface area contributed by atoms with Crippen LogP contribution in [0.3, 0.4) is 0 Å². The predicted molar refractivity (Wildman–Crippen MR) is 199 cm³/mol. The fourth-order valence-corrected chi connectivity index (χ4v) is 8.28. The van der Waals surface area contributed by atoms with Gasteiger partial charge in [0.05, 0.1) is 24.5 Å². The summed E-state index contributed by atoms with van der Waals surface area (Å²) in [6.45, 7) is 5.16. The fraction of sp³-hybridized carbons (Fsp3) is 0.341. The lowest BCUT2D eigenvalue weighted by Crippen LogP contribution is -2.49. The number of benzene rings is 3. The first kappa shape index (κ1) is 35.5. The van der Waals surface area contributed by atoms with Crippen LogP contribution in [0.15, 0.2) is 59.0 Å².